The summed E-state index contributed by atoms with van der Waals surface area (Å²) in [6.07, 6.45) is 1.08. The quantitative estimate of drug-likeness (QED) is 0.560. The van der Waals surface area contributed by atoms with E-state index in [1.165, 1.54) is 0 Å². The maximum absolute atomic E-state index is 12.0. The predicted molar refractivity (Wildman–Crippen MR) is 86.5 cm³/mol. The van der Waals surface area contributed by atoms with Crippen molar-refractivity contribution in [2.45, 2.75) is 39.3 Å². The van der Waals surface area contributed by atoms with Crippen molar-refractivity contribution in [3.8, 4) is 0 Å². The molecule has 7 nitrogen and oxygen atoms in total. The molecule has 0 radical (unpaired) electrons. The Labute approximate surface area is 135 Å². The molecule has 0 spiro atoms. The van der Waals surface area contributed by atoms with Gasteiger partial charge in [-0.3, -0.25) is 14.4 Å². The summed E-state index contributed by atoms with van der Waals surface area (Å²) in [6, 6.07) is 6.00. The minimum atomic E-state index is -0.733. The lowest BCUT2D eigenvalue weighted by molar-refractivity contribution is -0.128. The molecule has 0 unspecified atom stereocenters. The number of carbonyl (C=O) groups excluding carboxylic acids is 3. The maximum atomic E-state index is 12.0. The largest absolute Gasteiger partial charge is 0.392 e. The first-order chi connectivity index (χ1) is 11.0. The van der Waals surface area contributed by atoms with Crippen molar-refractivity contribution in [3.63, 3.8) is 0 Å². The molecule has 0 saturated carbocycles. The minimum Gasteiger partial charge on any atom is -0.392 e. The lowest BCUT2D eigenvalue weighted by atomic mass is 10.2. The lowest BCUT2D eigenvalue weighted by Crippen LogP contribution is -2.45. The van der Waals surface area contributed by atoms with Gasteiger partial charge >= 0.3 is 0 Å². The monoisotopic (exact) mass is 321 g/mol. The van der Waals surface area contributed by atoms with Gasteiger partial charge in [0, 0.05) is 12.1 Å². The number of amides is 3. The van der Waals surface area contributed by atoms with E-state index in [0.717, 1.165) is 5.56 Å². The number of hydrogen-bond acceptors (Lipinski definition) is 4. The van der Waals surface area contributed by atoms with Crippen LogP contribution in [0.1, 0.15) is 32.3 Å². The molecule has 0 aromatic heterocycles. The van der Waals surface area contributed by atoms with E-state index in [1.807, 2.05) is 6.92 Å². The summed E-state index contributed by atoms with van der Waals surface area (Å²) in [7, 11) is 0. The van der Waals surface area contributed by atoms with Crippen LogP contribution in [0.15, 0.2) is 24.3 Å². The van der Waals surface area contributed by atoms with Crippen LogP contribution in [0.4, 0.5) is 5.69 Å². The molecular formula is C16H23N3O4. The van der Waals surface area contributed by atoms with Gasteiger partial charge in [-0.05, 0) is 31.0 Å². The van der Waals surface area contributed by atoms with Crippen molar-refractivity contribution in [2.24, 2.45) is 0 Å². The number of aliphatic hydroxyl groups excluding tert-OH is 1. The molecular weight excluding hydrogens is 298 g/mol. The van der Waals surface area contributed by atoms with E-state index < -0.39 is 11.9 Å². The molecule has 1 aromatic rings. The molecule has 0 saturated heterocycles. The molecule has 1 atom stereocenters. The van der Waals surface area contributed by atoms with E-state index in [0.29, 0.717) is 18.5 Å². The van der Waals surface area contributed by atoms with Crippen LogP contribution in [-0.2, 0) is 21.0 Å². The topological polar surface area (TPSA) is 108 Å². The highest BCUT2D eigenvalue weighted by atomic mass is 16.3. The van der Waals surface area contributed by atoms with Crippen LogP contribution in [-0.4, -0.2) is 35.4 Å². The van der Waals surface area contributed by atoms with Gasteiger partial charge in [0.1, 0.15) is 6.04 Å². The molecule has 23 heavy (non-hydrogen) atoms. The van der Waals surface area contributed by atoms with Gasteiger partial charge in [-0.1, -0.05) is 19.1 Å². The molecule has 0 aliphatic rings. The molecule has 0 aliphatic carbocycles. The Morgan fingerprint density at radius 3 is 2.35 bits per heavy atom. The summed E-state index contributed by atoms with van der Waals surface area (Å²) in [6.45, 7) is 3.22. The molecule has 0 fully saturated rings. The standard InChI is InChI=1S/C16H23N3O4/c1-3-4-14(21)17-9-15(22)18-11(2)16(23)19-13-7-5-12(10-20)6-8-13/h5-8,11,20H,3-4,9-10H2,1-2H3,(H,17,21)(H,18,22)(H,19,23)/t11-/m0/s1. The lowest BCUT2D eigenvalue weighted by Gasteiger charge is -2.14. The zero-order valence-corrected chi connectivity index (χ0v) is 13.4. The summed E-state index contributed by atoms with van der Waals surface area (Å²) >= 11 is 0. The number of rotatable bonds is 8. The maximum Gasteiger partial charge on any atom is 0.246 e. The van der Waals surface area contributed by atoms with Crippen molar-refractivity contribution in [1.82, 2.24) is 10.6 Å². The number of nitrogens with one attached hydrogen (secondary N) is 3. The second kappa shape index (κ2) is 9.58. The molecule has 0 aliphatic heterocycles. The Morgan fingerprint density at radius 2 is 1.78 bits per heavy atom. The van der Waals surface area contributed by atoms with Gasteiger partial charge < -0.3 is 21.1 Å². The predicted octanol–water partition coefficient (Wildman–Crippen LogP) is 0.538. The third kappa shape index (κ3) is 6.92. The zero-order valence-electron chi connectivity index (χ0n) is 13.4. The third-order valence-corrected chi connectivity index (χ3v) is 3.10. The van der Waals surface area contributed by atoms with E-state index in [9.17, 15) is 14.4 Å². The van der Waals surface area contributed by atoms with Crippen molar-refractivity contribution < 1.29 is 19.5 Å². The van der Waals surface area contributed by atoms with Crippen LogP contribution in [0, 0.1) is 0 Å². The SMILES string of the molecule is CCCC(=O)NCC(=O)N[C@@H](C)C(=O)Nc1ccc(CO)cc1. The number of aliphatic hydroxyl groups is 1. The van der Waals surface area contributed by atoms with Crippen LogP contribution in [0.5, 0.6) is 0 Å². The van der Waals surface area contributed by atoms with Crippen molar-refractivity contribution in [1.29, 1.82) is 0 Å². The Morgan fingerprint density at radius 1 is 1.13 bits per heavy atom. The highest BCUT2D eigenvalue weighted by molar-refractivity contribution is 5.97. The van der Waals surface area contributed by atoms with Gasteiger partial charge in [-0.25, -0.2) is 0 Å². The number of anilines is 1. The second-order valence-electron chi connectivity index (χ2n) is 5.16. The summed E-state index contributed by atoms with van der Waals surface area (Å²) in [5, 5.41) is 16.6. The van der Waals surface area contributed by atoms with Crippen molar-refractivity contribution in [3.05, 3.63) is 29.8 Å². The number of hydrogen-bond donors (Lipinski definition) is 4. The molecule has 126 valence electrons. The van der Waals surface area contributed by atoms with E-state index >= 15 is 0 Å². The zero-order chi connectivity index (χ0) is 17.2. The Kier molecular flexibility index (Phi) is 7.76. The van der Waals surface area contributed by atoms with E-state index in [2.05, 4.69) is 16.0 Å². The van der Waals surface area contributed by atoms with Gasteiger partial charge in [0.05, 0.1) is 13.2 Å². The summed E-state index contributed by atoms with van der Waals surface area (Å²) in [5.74, 6) is -0.980. The smallest absolute Gasteiger partial charge is 0.246 e. The summed E-state index contributed by atoms with van der Waals surface area (Å²) < 4.78 is 0. The first-order valence-electron chi connectivity index (χ1n) is 7.53. The summed E-state index contributed by atoms with van der Waals surface area (Å²) in [5.41, 5.74) is 1.32. The van der Waals surface area contributed by atoms with Crippen molar-refractivity contribution in [2.75, 3.05) is 11.9 Å². The first kappa shape index (κ1) is 18.6. The fourth-order valence-corrected chi connectivity index (χ4v) is 1.80. The minimum absolute atomic E-state index is 0.0650. The van der Waals surface area contributed by atoms with Crippen LogP contribution in [0.3, 0.4) is 0 Å². The van der Waals surface area contributed by atoms with Crippen LogP contribution < -0.4 is 16.0 Å². The third-order valence-electron chi connectivity index (χ3n) is 3.10. The Hall–Kier alpha value is -2.41. The van der Waals surface area contributed by atoms with Gasteiger partial charge in [0.25, 0.3) is 0 Å². The Bertz CT molecular complexity index is 543. The highest BCUT2D eigenvalue weighted by Gasteiger charge is 2.16. The molecule has 1 aromatic carbocycles. The first-order valence-corrected chi connectivity index (χ1v) is 7.53. The van der Waals surface area contributed by atoms with Gasteiger partial charge in [0.15, 0.2) is 0 Å². The van der Waals surface area contributed by atoms with E-state index in [4.69, 9.17) is 5.11 Å². The molecule has 4 N–H and O–H groups in total. The van der Waals surface area contributed by atoms with Crippen molar-refractivity contribution >= 4 is 23.4 Å². The molecule has 0 heterocycles. The second-order valence-corrected chi connectivity index (χ2v) is 5.16. The van der Waals surface area contributed by atoms with E-state index in [-0.39, 0.29) is 25.0 Å². The number of benzene rings is 1. The normalized spacial score (nSPS) is 11.4. The molecule has 0 bridgehead atoms. The van der Waals surface area contributed by atoms with E-state index in [1.54, 1.807) is 31.2 Å². The summed E-state index contributed by atoms with van der Waals surface area (Å²) in [4.78, 5) is 34.9. The average molecular weight is 321 g/mol. The average Bonchev–Trinajstić information content (AvgIpc) is 2.54. The molecule has 1 rings (SSSR count). The molecule has 7 heteroatoms. The van der Waals surface area contributed by atoms with Gasteiger partial charge in [0.2, 0.25) is 17.7 Å². The fraction of sp³-hybridized carbons (Fsp3) is 0.438. The van der Waals surface area contributed by atoms with Gasteiger partial charge in [-0.15, -0.1) is 0 Å². The van der Waals surface area contributed by atoms with Gasteiger partial charge in [-0.2, -0.15) is 0 Å². The highest BCUT2D eigenvalue weighted by Crippen LogP contribution is 2.09. The van der Waals surface area contributed by atoms with Crippen LogP contribution >= 0.6 is 0 Å². The number of carbonyl (C=O) groups is 3. The Balaban J connectivity index is 2.40. The van der Waals surface area contributed by atoms with Crippen LogP contribution in [0.2, 0.25) is 0 Å². The fourth-order valence-electron chi connectivity index (χ4n) is 1.80. The van der Waals surface area contributed by atoms with Crippen LogP contribution in [0.25, 0.3) is 0 Å². The molecule has 3 amide bonds.